The summed E-state index contributed by atoms with van der Waals surface area (Å²) in [6, 6.07) is 1.84. The number of aliphatic hydroxyl groups excluding tert-OH is 1. The lowest BCUT2D eigenvalue weighted by molar-refractivity contribution is 0.212. The standard InChI is InChI=1S/C14H21N5O/c1-3-4-6-14(2,9-20)19-12-10-5-7-16-8-11(10)17-13(15)18-12/h5,7-8,20H,3-4,6,9H2,1-2H3,(H3,15,17,18,19)/t14-/m1/s1. The Morgan fingerprint density at radius 1 is 1.40 bits per heavy atom. The summed E-state index contributed by atoms with van der Waals surface area (Å²) in [5.41, 5.74) is 6.00. The number of fused-ring (bicyclic) bond motifs is 1. The van der Waals surface area contributed by atoms with Gasteiger partial charge in [0.05, 0.1) is 23.9 Å². The molecule has 0 bridgehead atoms. The van der Waals surface area contributed by atoms with Gasteiger partial charge < -0.3 is 16.2 Å². The smallest absolute Gasteiger partial charge is 0.222 e. The predicted molar refractivity (Wildman–Crippen MR) is 80.4 cm³/mol. The van der Waals surface area contributed by atoms with Crippen LogP contribution >= 0.6 is 0 Å². The Kier molecular flexibility index (Phi) is 4.34. The molecule has 0 aliphatic rings. The Hall–Kier alpha value is -1.95. The third-order valence-corrected chi connectivity index (χ3v) is 3.37. The summed E-state index contributed by atoms with van der Waals surface area (Å²) in [7, 11) is 0. The molecule has 0 aliphatic carbocycles. The average Bonchev–Trinajstić information content (AvgIpc) is 2.45. The van der Waals surface area contributed by atoms with E-state index in [1.807, 2.05) is 13.0 Å². The molecule has 1 atom stereocenters. The van der Waals surface area contributed by atoms with E-state index in [-0.39, 0.29) is 12.6 Å². The van der Waals surface area contributed by atoms with Crippen LogP contribution in [0.3, 0.4) is 0 Å². The highest BCUT2D eigenvalue weighted by Crippen LogP contribution is 2.25. The third-order valence-electron chi connectivity index (χ3n) is 3.37. The second-order valence-corrected chi connectivity index (χ2v) is 5.27. The Labute approximate surface area is 118 Å². The van der Waals surface area contributed by atoms with Crippen LogP contribution in [0.1, 0.15) is 33.1 Å². The first-order valence-corrected chi connectivity index (χ1v) is 6.84. The van der Waals surface area contributed by atoms with E-state index in [1.165, 1.54) is 0 Å². The first-order chi connectivity index (χ1) is 9.58. The van der Waals surface area contributed by atoms with Crippen LogP contribution < -0.4 is 11.1 Å². The molecule has 2 aromatic heterocycles. The van der Waals surface area contributed by atoms with E-state index in [4.69, 9.17) is 5.73 Å². The molecule has 2 rings (SSSR count). The molecule has 0 radical (unpaired) electrons. The summed E-state index contributed by atoms with van der Waals surface area (Å²) in [5.74, 6) is 0.839. The second kappa shape index (κ2) is 6.00. The van der Waals surface area contributed by atoms with E-state index in [0.29, 0.717) is 11.3 Å². The monoisotopic (exact) mass is 275 g/mol. The number of aliphatic hydroxyl groups is 1. The van der Waals surface area contributed by atoms with Crippen molar-refractivity contribution >= 4 is 22.7 Å². The number of anilines is 2. The number of pyridine rings is 1. The van der Waals surface area contributed by atoms with Gasteiger partial charge in [0.15, 0.2) is 0 Å². The first kappa shape index (κ1) is 14.5. The van der Waals surface area contributed by atoms with Crippen molar-refractivity contribution in [3.8, 4) is 0 Å². The van der Waals surface area contributed by atoms with Gasteiger partial charge in [0, 0.05) is 11.6 Å². The van der Waals surface area contributed by atoms with Gasteiger partial charge in [0.1, 0.15) is 5.82 Å². The number of nitrogens with one attached hydrogen (secondary N) is 1. The van der Waals surface area contributed by atoms with Gasteiger partial charge >= 0.3 is 0 Å². The van der Waals surface area contributed by atoms with Crippen LogP contribution in [0.4, 0.5) is 11.8 Å². The first-order valence-electron chi connectivity index (χ1n) is 6.84. The molecule has 0 fully saturated rings. The minimum atomic E-state index is -0.424. The predicted octanol–water partition coefficient (Wildman–Crippen LogP) is 1.96. The SMILES string of the molecule is CCCC[C@](C)(CO)Nc1nc(N)nc2cnccc12. The van der Waals surface area contributed by atoms with E-state index < -0.39 is 5.54 Å². The number of unbranched alkanes of at least 4 members (excludes halogenated alkanes) is 1. The van der Waals surface area contributed by atoms with E-state index in [2.05, 4.69) is 27.2 Å². The lowest BCUT2D eigenvalue weighted by atomic mass is 9.95. The number of hydrogen-bond donors (Lipinski definition) is 3. The van der Waals surface area contributed by atoms with Gasteiger partial charge in [0.25, 0.3) is 0 Å². The zero-order valence-corrected chi connectivity index (χ0v) is 11.9. The highest BCUT2D eigenvalue weighted by Gasteiger charge is 2.24. The zero-order chi connectivity index (χ0) is 14.6. The lowest BCUT2D eigenvalue weighted by Crippen LogP contribution is -2.39. The van der Waals surface area contributed by atoms with E-state index in [9.17, 15) is 5.11 Å². The molecule has 2 aromatic rings. The zero-order valence-electron chi connectivity index (χ0n) is 11.9. The van der Waals surface area contributed by atoms with Gasteiger partial charge in [0.2, 0.25) is 5.95 Å². The van der Waals surface area contributed by atoms with Crippen molar-refractivity contribution in [1.82, 2.24) is 15.0 Å². The van der Waals surface area contributed by atoms with Crippen molar-refractivity contribution < 1.29 is 5.11 Å². The van der Waals surface area contributed by atoms with Crippen LogP contribution in [-0.2, 0) is 0 Å². The highest BCUT2D eigenvalue weighted by atomic mass is 16.3. The van der Waals surface area contributed by atoms with Crippen LogP contribution in [-0.4, -0.2) is 32.2 Å². The van der Waals surface area contributed by atoms with Gasteiger partial charge in [-0.25, -0.2) is 4.98 Å². The Morgan fingerprint density at radius 3 is 2.90 bits per heavy atom. The summed E-state index contributed by atoms with van der Waals surface area (Å²) < 4.78 is 0. The van der Waals surface area contributed by atoms with Gasteiger partial charge in [-0.15, -0.1) is 0 Å². The van der Waals surface area contributed by atoms with Gasteiger partial charge in [-0.2, -0.15) is 4.98 Å². The van der Waals surface area contributed by atoms with Gasteiger partial charge in [-0.05, 0) is 19.4 Å². The Morgan fingerprint density at radius 2 is 2.20 bits per heavy atom. The maximum absolute atomic E-state index is 9.67. The molecule has 2 heterocycles. The lowest BCUT2D eigenvalue weighted by Gasteiger charge is -2.29. The second-order valence-electron chi connectivity index (χ2n) is 5.27. The van der Waals surface area contributed by atoms with Crippen molar-refractivity contribution in [3.05, 3.63) is 18.5 Å². The maximum Gasteiger partial charge on any atom is 0.222 e. The van der Waals surface area contributed by atoms with Crippen LogP contribution in [0.15, 0.2) is 18.5 Å². The average molecular weight is 275 g/mol. The fraction of sp³-hybridized carbons (Fsp3) is 0.500. The number of nitrogens with two attached hydrogens (primary N) is 1. The summed E-state index contributed by atoms with van der Waals surface area (Å²) in [6.45, 7) is 4.14. The molecule has 20 heavy (non-hydrogen) atoms. The summed E-state index contributed by atoms with van der Waals surface area (Å²) in [5, 5.41) is 13.8. The molecule has 4 N–H and O–H groups in total. The number of rotatable bonds is 6. The molecule has 6 nitrogen and oxygen atoms in total. The van der Waals surface area contributed by atoms with Crippen LogP contribution in [0.25, 0.3) is 10.9 Å². The number of nitrogens with zero attached hydrogens (tertiary/aromatic N) is 3. The molecule has 0 spiro atoms. The van der Waals surface area contributed by atoms with Crippen molar-refractivity contribution in [1.29, 1.82) is 0 Å². The number of hydrogen-bond acceptors (Lipinski definition) is 6. The molecule has 0 amide bonds. The van der Waals surface area contributed by atoms with E-state index in [1.54, 1.807) is 12.4 Å². The topological polar surface area (TPSA) is 97.0 Å². The molecule has 0 unspecified atom stereocenters. The maximum atomic E-state index is 9.67. The molecule has 0 saturated heterocycles. The van der Waals surface area contributed by atoms with E-state index in [0.717, 1.165) is 24.6 Å². The summed E-state index contributed by atoms with van der Waals surface area (Å²) >= 11 is 0. The summed E-state index contributed by atoms with van der Waals surface area (Å²) in [6.07, 6.45) is 6.31. The minimum Gasteiger partial charge on any atom is -0.394 e. The molecule has 0 saturated carbocycles. The highest BCUT2D eigenvalue weighted by molar-refractivity contribution is 5.89. The fourth-order valence-electron chi connectivity index (χ4n) is 2.13. The van der Waals surface area contributed by atoms with Crippen LogP contribution in [0, 0.1) is 0 Å². The van der Waals surface area contributed by atoms with Crippen LogP contribution in [0.5, 0.6) is 0 Å². The molecular formula is C14H21N5O. The van der Waals surface area contributed by atoms with Crippen LogP contribution in [0.2, 0.25) is 0 Å². The van der Waals surface area contributed by atoms with E-state index >= 15 is 0 Å². The molecule has 0 aliphatic heterocycles. The molecular weight excluding hydrogens is 254 g/mol. The van der Waals surface area contributed by atoms with Gasteiger partial charge in [-0.1, -0.05) is 19.8 Å². The Balaban J connectivity index is 2.36. The quantitative estimate of drug-likeness (QED) is 0.745. The largest absolute Gasteiger partial charge is 0.394 e. The molecule has 6 heteroatoms. The molecule has 108 valence electrons. The molecule has 0 aromatic carbocycles. The van der Waals surface area contributed by atoms with Crippen molar-refractivity contribution in [2.45, 2.75) is 38.6 Å². The third kappa shape index (κ3) is 3.14. The minimum absolute atomic E-state index is 0.0312. The Bertz CT molecular complexity index is 589. The normalized spacial score (nSPS) is 14.2. The summed E-state index contributed by atoms with van der Waals surface area (Å²) in [4.78, 5) is 12.5. The fourth-order valence-corrected chi connectivity index (χ4v) is 2.13. The number of nitrogen functional groups attached to an aromatic ring is 1. The van der Waals surface area contributed by atoms with Gasteiger partial charge in [-0.3, -0.25) is 4.98 Å². The van der Waals surface area contributed by atoms with Crippen molar-refractivity contribution in [2.24, 2.45) is 0 Å². The van der Waals surface area contributed by atoms with Crippen molar-refractivity contribution in [3.63, 3.8) is 0 Å². The van der Waals surface area contributed by atoms with Crippen molar-refractivity contribution in [2.75, 3.05) is 17.7 Å². The number of aromatic nitrogens is 3.